The maximum Gasteiger partial charge on any atom is 0.412 e. The van der Waals surface area contributed by atoms with E-state index in [-0.39, 0.29) is 12.1 Å². The minimum absolute atomic E-state index is 0.265. The van der Waals surface area contributed by atoms with Crippen LogP contribution < -0.4 is 20.7 Å². The molecule has 0 bridgehead atoms. The molecule has 3 N–H and O–H groups in total. The van der Waals surface area contributed by atoms with Crippen molar-refractivity contribution in [2.24, 2.45) is 0 Å². The van der Waals surface area contributed by atoms with Crippen molar-refractivity contribution in [3.63, 3.8) is 0 Å². The first kappa shape index (κ1) is 20.8. The van der Waals surface area contributed by atoms with Gasteiger partial charge in [0.1, 0.15) is 11.4 Å². The topological polar surface area (TPSA) is 88.7 Å². The van der Waals surface area contributed by atoms with Crippen LogP contribution in [-0.4, -0.2) is 24.3 Å². The van der Waals surface area contributed by atoms with Crippen molar-refractivity contribution in [3.8, 4) is 5.75 Å². The summed E-state index contributed by atoms with van der Waals surface area (Å²) in [5.74, 6) is 0.666. The molecule has 1 aliphatic heterocycles. The lowest BCUT2D eigenvalue weighted by molar-refractivity contribution is 0.0636. The van der Waals surface area contributed by atoms with E-state index >= 15 is 0 Å². The molecular weight excluding hydrogens is 394 g/mol. The molecule has 2 aromatic carbocycles. The fourth-order valence-electron chi connectivity index (χ4n) is 2.94. The summed E-state index contributed by atoms with van der Waals surface area (Å²) >= 11 is 5.95. The summed E-state index contributed by atoms with van der Waals surface area (Å²) < 4.78 is 11.0. The lowest BCUT2D eigenvalue weighted by Crippen LogP contribution is -2.35. The van der Waals surface area contributed by atoms with Crippen LogP contribution in [0.1, 0.15) is 38.8 Å². The zero-order valence-corrected chi connectivity index (χ0v) is 17.3. The van der Waals surface area contributed by atoms with E-state index in [2.05, 4.69) is 16.0 Å². The number of ether oxygens (including phenoxy) is 2. The zero-order chi connectivity index (χ0) is 21.0. The molecule has 0 fully saturated rings. The van der Waals surface area contributed by atoms with Crippen molar-refractivity contribution in [1.29, 1.82) is 0 Å². The summed E-state index contributed by atoms with van der Waals surface area (Å²) in [5.41, 5.74) is 1.35. The van der Waals surface area contributed by atoms with Crippen molar-refractivity contribution in [3.05, 3.63) is 53.1 Å². The maximum atomic E-state index is 12.4. The molecule has 1 aliphatic rings. The minimum atomic E-state index is -0.593. The maximum absolute atomic E-state index is 12.4. The number of carbonyl (C=O) groups excluding carboxylic acids is 2. The van der Waals surface area contributed by atoms with E-state index in [0.717, 1.165) is 5.56 Å². The Labute approximate surface area is 174 Å². The Kier molecular flexibility index (Phi) is 6.17. The number of hydrogen-bond donors (Lipinski definition) is 3. The van der Waals surface area contributed by atoms with Gasteiger partial charge in [-0.25, -0.2) is 9.59 Å². The zero-order valence-electron chi connectivity index (χ0n) is 16.5. The van der Waals surface area contributed by atoms with Gasteiger partial charge in [0.05, 0.1) is 12.6 Å². The lowest BCUT2D eigenvalue weighted by Gasteiger charge is -2.27. The quantitative estimate of drug-likeness (QED) is 0.629. The number of halogens is 1. The molecule has 0 spiro atoms. The highest BCUT2D eigenvalue weighted by Gasteiger charge is 2.24. The second-order valence-electron chi connectivity index (χ2n) is 7.68. The third kappa shape index (κ3) is 6.02. The fourth-order valence-corrected chi connectivity index (χ4v) is 3.13. The van der Waals surface area contributed by atoms with Crippen LogP contribution in [0.25, 0.3) is 0 Å². The Bertz CT molecular complexity index is 911. The molecule has 3 rings (SSSR count). The van der Waals surface area contributed by atoms with Crippen molar-refractivity contribution in [1.82, 2.24) is 5.32 Å². The highest BCUT2D eigenvalue weighted by Crippen LogP contribution is 2.34. The summed E-state index contributed by atoms with van der Waals surface area (Å²) in [6, 6.07) is 11.6. The number of rotatable bonds is 3. The first-order chi connectivity index (χ1) is 13.7. The molecule has 8 heteroatoms. The van der Waals surface area contributed by atoms with Crippen LogP contribution in [0.2, 0.25) is 5.02 Å². The van der Waals surface area contributed by atoms with E-state index in [1.165, 1.54) is 0 Å². The highest BCUT2D eigenvalue weighted by atomic mass is 35.5. The molecule has 0 aliphatic carbocycles. The summed E-state index contributed by atoms with van der Waals surface area (Å²) in [4.78, 5) is 24.5. The van der Waals surface area contributed by atoms with Gasteiger partial charge in [-0.2, -0.15) is 0 Å². The second-order valence-corrected chi connectivity index (χ2v) is 8.11. The van der Waals surface area contributed by atoms with E-state index in [1.54, 1.807) is 63.2 Å². The number of anilines is 2. The molecule has 0 radical (unpaired) electrons. The van der Waals surface area contributed by atoms with Gasteiger partial charge >= 0.3 is 12.1 Å². The molecule has 1 heterocycles. The van der Waals surface area contributed by atoms with Crippen LogP contribution in [0, 0.1) is 0 Å². The van der Waals surface area contributed by atoms with Gasteiger partial charge in [0, 0.05) is 28.4 Å². The molecule has 154 valence electrons. The Balaban J connectivity index is 1.70. The number of benzene rings is 2. The van der Waals surface area contributed by atoms with Crippen LogP contribution in [0.5, 0.6) is 5.75 Å². The van der Waals surface area contributed by atoms with Gasteiger partial charge in [-0.3, -0.25) is 5.32 Å². The molecule has 2 aromatic rings. The average Bonchev–Trinajstić information content (AvgIpc) is 2.60. The Morgan fingerprint density at radius 1 is 1.10 bits per heavy atom. The Morgan fingerprint density at radius 3 is 2.59 bits per heavy atom. The van der Waals surface area contributed by atoms with Crippen molar-refractivity contribution >= 4 is 35.1 Å². The Morgan fingerprint density at radius 2 is 1.86 bits per heavy atom. The summed E-state index contributed by atoms with van der Waals surface area (Å²) in [7, 11) is 0. The third-order valence-electron chi connectivity index (χ3n) is 4.08. The van der Waals surface area contributed by atoms with Crippen molar-refractivity contribution in [2.45, 2.75) is 38.8 Å². The normalized spacial score (nSPS) is 15.5. The van der Waals surface area contributed by atoms with E-state index in [0.29, 0.717) is 35.2 Å². The molecule has 0 saturated heterocycles. The van der Waals surface area contributed by atoms with Crippen LogP contribution in [0.3, 0.4) is 0 Å². The largest absolute Gasteiger partial charge is 0.493 e. The van der Waals surface area contributed by atoms with Gasteiger partial charge in [0.15, 0.2) is 0 Å². The molecule has 3 amide bonds. The van der Waals surface area contributed by atoms with Gasteiger partial charge < -0.3 is 20.1 Å². The van der Waals surface area contributed by atoms with Gasteiger partial charge in [-0.1, -0.05) is 17.7 Å². The smallest absolute Gasteiger partial charge is 0.412 e. The van der Waals surface area contributed by atoms with E-state index in [1.807, 2.05) is 0 Å². The minimum Gasteiger partial charge on any atom is -0.493 e. The predicted molar refractivity (Wildman–Crippen MR) is 113 cm³/mol. The first-order valence-corrected chi connectivity index (χ1v) is 9.67. The Hall–Kier alpha value is -2.93. The number of amides is 3. The summed E-state index contributed by atoms with van der Waals surface area (Å²) in [6.07, 6.45) is 0.0589. The number of carbonyl (C=O) groups is 2. The molecule has 0 saturated carbocycles. The van der Waals surface area contributed by atoms with Crippen LogP contribution in [-0.2, 0) is 4.74 Å². The van der Waals surface area contributed by atoms with E-state index in [4.69, 9.17) is 21.1 Å². The highest BCUT2D eigenvalue weighted by molar-refractivity contribution is 6.30. The standard InChI is InChI=1S/C21H24ClN3O4/c1-21(2,3)29-20(27)24-15-7-8-18-16(12-15)17(9-10-28-18)25-19(26)23-14-6-4-5-13(22)11-14/h4-8,11-12,17H,9-10H2,1-3H3,(H,24,27)(H2,23,25,26)/t17-/m1/s1. The fraction of sp³-hybridized carbons (Fsp3) is 0.333. The number of urea groups is 1. The molecular formula is C21H24ClN3O4. The average molecular weight is 418 g/mol. The molecule has 29 heavy (non-hydrogen) atoms. The molecule has 0 aromatic heterocycles. The van der Waals surface area contributed by atoms with E-state index < -0.39 is 11.7 Å². The van der Waals surface area contributed by atoms with Crippen LogP contribution in [0.4, 0.5) is 21.0 Å². The second kappa shape index (κ2) is 8.61. The monoisotopic (exact) mass is 417 g/mol. The first-order valence-electron chi connectivity index (χ1n) is 9.29. The SMILES string of the molecule is CC(C)(C)OC(=O)Nc1ccc2c(c1)[C@H](NC(=O)Nc1cccc(Cl)c1)CCO2. The lowest BCUT2D eigenvalue weighted by atomic mass is 10.00. The van der Waals surface area contributed by atoms with Crippen LogP contribution >= 0.6 is 11.6 Å². The van der Waals surface area contributed by atoms with Gasteiger partial charge in [0.25, 0.3) is 0 Å². The predicted octanol–water partition coefficient (Wildman–Crippen LogP) is 5.33. The van der Waals surface area contributed by atoms with E-state index in [9.17, 15) is 9.59 Å². The summed E-state index contributed by atoms with van der Waals surface area (Å²) in [5, 5.41) is 8.96. The number of fused-ring (bicyclic) bond motifs is 1. The number of nitrogens with one attached hydrogen (secondary N) is 3. The summed E-state index contributed by atoms with van der Waals surface area (Å²) in [6.45, 7) is 5.87. The molecule has 7 nitrogen and oxygen atoms in total. The number of hydrogen-bond acceptors (Lipinski definition) is 4. The van der Waals surface area contributed by atoms with Gasteiger partial charge in [-0.15, -0.1) is 0 Å². The van der Waals surface area contributed by atoms with Crippen molar-refractivity contribution in [2.75, 3.05) is 17.2 Å². The molecule has 0 unspecified atom stereocenters. The van der Waals surface area contributed by atoms with Gasteiger partial charge in [-0.05, 0) is 57.2 Å². The molecule has 1 atom stereocenters. The van der Waals surface area contributed by atoms with Crippen molar-refractivity contribution < 1.29 is 19.1 Å². The van der Waals surface area contributed by atoms with Crippen LogP contribution in [0.15, 0.2) is 42.5 Å². The van der Waals surface area contributed by atoms with Gasteiger partial charge in [0.2, 0.25) is 0 Å². The third-order valence-corrected chi connectivity index (χ3v) is 4.32.